The first-order valence-electron chi connectivity index (χ1n) is 9.01. The van der Waals surface area contributed by atoms with E-state index < -0.39 is 28.5 Å². The molecule has 0 bridgehead atoms. The third kappa shape index (κ3) is 5.64. The van der Waals surface area contributed by atoms with Gasteiger partial charge in [-0.3, -0.25) is 9.59 Å². The normalized spacial score (nSPS) is 14.6. The quantitative estimate of drug-likeness (QED) is 0.633. The molecular weight excluding hydrogens is 430 g/mol. The third-order valence-corrected chi connectivity index (χ3v) is 7.63. The topological polar surface area (TPSA) is 126 Å². The van der Waals surface area contributed by atoms with Crippen molar-refractivity contribution in [2.24, 2.45) is 0 Å². The standard InChI is InChI=1S/C19H19N3O6S2/c20-12-14-1-3-15(4-2-14)21-17(23)13-28-18(24)11-16-5-6-19(29-16)30(25,26)22-7-9-27-10-8-22/h1-6H,7-11,13H2,(H,21,23). The molecule has 1 aliphatic rings. The van der Waals surface area contributed by atoms with E-state index in [4.69, 9.17) is 14.7 Å². The van der Waals surface area contributed by atoms with Crippen molar-refractivity contribution >= 4 is 38.9 Å². The zero-order valence-electron chi connectivity index (χ0n) is 15.9. The second kappa shape index (κ2) is 9.82. The van der Waals surface area contributed by atoms with Gasteiger partial charge < -0.3 is 14.8 Å². The number of nitriles is 1. The summed E-state index contributed by atoms with van der Waals surface area (Å²) in [6.45, 7) is 0.837. The molecule has 30 heavy (non-hydrogen) atoms. The summed E-state index contributed by atoms with van der Waals surface area (Å²) < 4.78 is 36.9. The molecule has 9 nitrogen and oxygen atoms in total. The van der Waals surface area contributed by atoms with Gasteiger partial charge in [-0.25, -0.2) is 8.42 Å². The smallest absolute Gasteiger partial charge is 0.311 e. The number of sulfonamides is 1. The molecule has 158 valence electrons. The lowest BCUT2D eigenvalue weighted by molar-refractivity contribution is -0.146. The number of morpholine rings is 1. The molecule has 1 fully saturated rings. The van der Waals surface area contributed by atoms with Crippen molar-refractivity contribution in [1.82, 2.24) is 4.31 Å². The molecule has 1 aliphatic heterocycles. The molecule has 1 N–H and O–H groups in total. The largest absolute Gasteiger partial charge is 0.455 e. The second-order valence-electron chi connectivity index (χ2n) is 6.31. The molecule has 1 aromatic carbocycles. The Bertz CT molecular complexity index is 1050. The highest BCUT2D eigenvalue weighted by Gasteiger charge is 2.28. The predicted molar refractivity (Wildman–Crippen MR) is 108 cm³/mol. The molecule has 2 aromatic rings. The highest BCUT2D eigenvalue weighted by Crippen LogP contribution is 2.26. The molecule has 0 spiro atoms. The van der Waals surface area contributed by atoms with Gasteiger partial charge >= 0.3 is 5.97 Å². The SMILES string of the molecule is N#Cc1ccc(NC(=O)COC(=O)Cc2ccc(S(=O)(=O)N3CCOCC3)s2)cc1. The predicted octanol–water partition coefficient (Wildman–Crippen LogP) is 1.37. The van der Waals surface area contributed by atoms with Gasteiger partial charge in [0.15, 0.2) is 6.61 Å². The van der Waals surface area contributed by atoms with E-state index in [1.165, 1.54) is 10.4 Å². The summed E-state index contributed by atoms with van der Waals surface area (Å²) in [5.74, 6) is -1.16. The van der Waals surface area contributed by atoms with Crippen LogP contribution in [0.25, 0.3) is 0 Å². The molecule has 3 rings (SSSR count). The Balaban J connectivity index is 1.49. The van der Waals surface area contributed by atoms with E-state index in [-0.39, 0.29) is 10.6 Å². The van der Waals surface area contributed by atoms with Crippen molar-refractivity contribution in [1.29, 1.82) is 5.26 Å². The molecule has 1 aromatic heterocycles. The van der Waals surface area contributed by atoms with Crippen LogP contribution in [0, 0.1) is 11.3 Å². The van der Waals surface area contributed by atoms with Crippen LogP contribution in [0.15, 0.2) is 40.6 Å². The number of hydrogen-bond acceptors (Lipinski definition) is 8. The Hall–Kier alpha value is -2.78. The van der Waals surface area contributed by atoms with Crippen molar-refractivity contribution < 1.29 is 27.5 Å². The van der Waals surface area contributed by atoms with Crippen LogP contribution in [-0.4, -0.2) is 57.5 Å². The summed E-state index contributed by atoms with van der Waals surface area (Å²) >= 11 is 1.00. The van der Waals surface area contributed by atoms with E-state index >= 15 is 0 Å². The first-order valence-corrected chi connectivity index (χ1v) is 11.3. The van der Waals surface area contributed by atoms with Crippen LogP contribution < -0.4 is 5.32 Å². The van der Waals surface area contributed by atoms with E-state index in [1.54, 1.807) is 30.3 Å². The first-order chi connectivity index (χ1) is 14.4. The highest BCUT2D eigenvalue weighted by atomic mass is 32.2. The van der Waals surface area contributed by atoms with Crippen molar-refractivity contribution in [2.75, 3.05) is 38.2 Å². The molecular formula is C19H19N3O6S2. The number of ether oxygens (including phenoxy) is 2. The second-order valence-corrected chi connectivity index (χ2v) is 9.65. The summed E-state index contributed by atoms with van der Waals surface area (Å²) in [5.41, 5.74) is 0.941. The van der Waals surface area contributed by atoms with Gasteiger partial charge in [-0.2, -0.15) is 9.57 Å². The molecule has 0 radical (unpaired) electrons. The van der Waals surface area contributed by atoms with Crippen molar-refractivity contribution in [3.8, 4) is 6.07 Å². The van der Waals surface area contributed by atoms with Crippen LogP contribution in [0.2, 0.25) is 0 Å². The van der Waals surface area contributed by atoms with Crippen LogP contribution in [0.5, 0.6) is 0 Å². The maximum absolute atomic E-state index is 12.6. The lowest BCUT2D eigenvalue weighted by Crippen LogP contribution is -2.40. The fraction of sp³-hybridized carbons (Fsp3) is 0.316. The van der Waals surface area contributed by atoms with Crippen molar-refractivity contribution in [2.45, 2.75) is 10.6 Å². The van der Waals surface area contributed by atoms with Gasteiger partial charge in [-0.1, -0.05) is 0 Å². The zero-order chi connectivity index (χ0) is 21.6. The Kier molecular flexibility index (Phi) is 7.17. The lowest BCUT2D eigenvalue weighted by Gasteiger charge is -2.25. The molecule has 2 heterocycles. The lowest BCUT2D eigenvalue weighted by atomic mass is 10.2. The minimum absolute atomic E-state index is 0.132. The van der Waals surface area contributed by atoms with Gasteiger partial charge in [0.1, 0.15) is 4.21 Å². The molecule has 11 heteroatoms. The number of amides is 1. The van der Waals surface area contributed by atoms with Gasteiger partial charge in [0.05, 0.1) is 31.3 Å². The van der Waals surface area contributed by atoms with Crippen LogP contribution in [0.3, 0.4) is 0 Å². The molecule has 0 atom stereocenters. The average Bonchev–Trinajstić information content (AvgIpc) is 3.23. The fourth-order valence-electron chi connectivity index (χ4n) is 2.67. The van der Waals surface area contributed by atoms with E-state index in [9.17, 15) is 18.0 Å². The van der Waals surface area contributed by atoms with Crippen molar-refractivity contribution in [3.63, 3.8) is 0 Å². The molecule has 0 saturated carbocycles. The first kappa shape index (κ1) is 21.9. The highest BCUT2D eigenvalue weighted by molar-refractivity contribution is 7.91. The van der Waals surface area contributed by atoms with Gasteiger partial charge in [0, 0.05) is 23.7 Å². The monoisotopic (exact) mass is 449 g/mol. The summed E-state index contributed by atoms with van der Waals surface area (Å²) in [5, 5.41) is 11.3. The molecule has 0 aliphatic carbocycles. The third-order valence-electron chi connectivity index (χ3n) is 4.18. The Morgan fingerprint density at radius 3 is 2.53 bits per heavy atom. The van der Waals surface area contributed by atoms with Crippen molar-refractivity contribution in [3.05, 3.63) is 46.8 Å². The number of carbonyl (C=O) groups is 2. The van der Waals surface area contributed by atoms with Gasteiger partial charge in [0.2, 0.25) is 0 Å². The maximum Gasteiger partial charge on any atom is 0.311 e. The van der Waals surface area contributed by atoms with E-state index in [2.05, 4.69) is 5.32 Å². The minimum atomic E-state index is -3.61. The average molecular weight is 450 g/mol. The van der Waals surface area contributed by atoms with E-state index in [1.807, 2.05) is 6.07 Å². The maximum atomic E-state index is 12.6. The number of nitrogens with zero attached hydrogens (tertiary/aromatic N) is 2. The van der Waals surface area contributed by atoms with E-state index in [0.717, 1.165) is 11.3 Å². The molecule has 1 amide bonds. The van der Waals surface area contributed by atoms with E-state index in [0.29, 0.717) is 42.4 Å². The number of rotatable bonds is 7. The summed E-state index contributed by atoms with van der Waals surface area (Å²) in [6.07, 6.45) is -0.132. The van der Waals surface area contributed by atoms with Gasteiger partial charge in [0.25, 0.3) is 15.9 Å². The number of anilines is 1. The minimum Gasteiger partial charge on any atom is -0.455 e. The number of esters is 1. The zero-order valence-corrected chi connectivity index (χ0v) is 17.5. The fourth-order valence-corrected chi connectivity index (χ4v) is 5.57. The number of nitrogens with one attached hydrogen (secondary N) is 1. The van der Waals surface area contributed by atoms with Crippen LogP contribution in [0.1, 0.15) is 10.4 Å². The summed E-state index contributed by atoms with van der Waals surface area (Å²) in [4.78, 5) is 24.4. The molecule has 0 unspecified atom stereocenters. The number of benzene rings is 1. The Morgan fingerprint density at radius 1 is 1.17 bits per heavy atom. The number of hydrogen-bond donors (Lipinski definition) is 1. The Labute approximate surface area is 177 Å². The molecule has 1 saturated heterocycles. The summed E-state index contributed by atoms with van der Waals surface area (Å²) in [6, 6.07) is 11.3. The number of thiophene rings is 1. The number of carbonyl (C=O) groups excluding carboxylic acids is 2. The summed E-state index contributed by atoms with van der Waals surface area (Å²) in [7, 11) is -3.61. The Morgan fingerprint density at radius 2 is 1.87 bits per heavy atom. The van der Waals surface area contributed by atoms with Crippen LogP contribution in [-0.2, 0) is 35.5 Å². The van der Waals surface area contributed by atoms with Gasteiger partial charge in [-0.05, 0) is 36.4 Å². The van der Waals surface area contributed by atoms with Crippen LogP contribution in [0.4, 0.5) is 5.69 Å². The van der Waals surface area contributed by atoms with Gasteiger partial charge in [-0.15, -0.1) is 11.3 Å². The van der Waals surface area contributed by atoms with Crippen LogP contribution >= 0.6 is 11.3 Å².